The molecule has 1 nitrogen and oxygen atoms in total. The highest BCUT2D eigenvalue weighted by Crippen LogP contribution is 2.31. The van der Waals surface area contributed by atoms with Gasteiger partial charge in [-0.1, -0.05) is 72.8 Å². The van der Waals surface area contributed by atoms with Crippen LogP contribution in [0.2, 0.25) is 0 Å². The Labute approximate surface area is 126 Å². The second kappa shape index (κ2) is 5.84. The van der Waals surface area contributed by atoms with Crippen LogP contribution < -0.4 is 5.73 Å². The Kier molecular flexibility index (Phi) is 3.74. The Balaban J connectivity index is 1.98. The first kappa shape index (κ1) is 13.4. The molecule has 1 heteroatoms. The zero-order valence-corrected chi connectivity index (χ0v) is 12.2. The molecular weight excluding hydrogens is 254 g/mol. The molecule has 0 amide bonds. The maximum absolute atomic E-state index is 6.12. The van der Waals surface area contributed by atoms with E-state index in [9.17, 15) is 0 Å². The van der Waals surface area contributed by atoms with Gasteiger partial charge in [0.1, 0.15) is 0 Å². The summed E-state index contributed by atoms with van der Waals surface area (Å²) >= 11 is 0. The van der Waals surface area contributed by atoms with Crippen LogP contribution in [0.15, 0.2) is 84.5 Å². The lowest BCUT2D eigenvalue weighted by atomic mass is 9.97. The first-order chi connectivity index (χ1) is 10.3. The van der Waals surface area contributed by atoms with Crippen molar-refractivity contribution in [2.75, 3.05) is 5.73 Å². The SMILES string of the molecule is CC1=C(c2ccccc2N)C=CC(c2ccccc2)C=C1. The van der Waals surface area contributed by atoms with Crippen molar-refractivity contribution in [2.45, 2.75) is 12.8 Å². The van der Waals surface area contributed by atoms with Crippen LogP contribution in [0.25, 0.3) is 5.57 Å². The predicted octanol–water partition coefficient (Wildman–Crippen LogP) is 4.95. The maximum atomic E-state index is 6.12. The summed E-state index contributed by atoms with van der Waals surface area (Å²) in [6.45, 7) is 2.13. The first-order valence-corrected chi connectivity index (χ1v) is 7.23. The number of allylic oxidation sites excluding steroid dienone is 6. The molecule has 1 aliphatic rings. The summed E-state index contributed by atoms with van der Waals surface area (Å²) < 4.78 is 0. The Morgan fingerprint density at radius 3 is 2.24 bits per heavy atom. The molecule has 0 fully saturated rings. The zero-order valence-electron chi connectivity index (χ0n) is 12.2. The van der Waals surface area contributed by atoms with E-state index in [2.05, 4.69) is 61.6 Å². The third-order valence-electron chi connectivity index (χ3n) is 3.88. The van der Waals surface area contributed by atoms with E-state index in [0.717, 1.165) is 11.3 Å². The molecule has 1 atom stereocenters. The molecule has 0 aliphatic heterocycles. The van der Waals surface area contributed by atoms with Gasteiger partial charge in [0.2, 0.25) is 0 Å². The summed E-state index contributed by atoms with van der Waals surface area (Å²) in [5.41, 5.74) is 11.8. The highest BCUT2D eigenvalue weighted by Gasteiger charge is 2.11. The number of nitrogen functional groups attached to an aromatic ring is 1. The topological polar surface area (TPSA) is 26.0 Å². The standard InChI is InChI=1S/C20H19N/c1-15-11-12-17(16-7-3-2-4-8-16)13-14-18(15)19-9-5-6-10-20(19)21/h2-14,17H,21H2,1H3. The fourth-order valence-corrected chi connectivity index (χ4v) is 2.68. The van der Waals surface area contributed by atoms with E-state index < -0.39 is 0 Å². The minimum atomic E-state index is 0.309. The van der Waals surface area contributed by atoms with E-state index in [1.807, 2.05) is 24.3 Å². The highest BCUT2D eigenvalue weighted by atomic mass is 14.6. The van der Waals surface area contributed by atoms with Gasteiger partial charge in [0.05, 0.1) is 0 Å². The maximum Gasteiger partial charge on any atom is 0.0393 e. The van der Waals surface area contributed by atoms with Crippen LogP contribution in [-0.4, -0.2) is 0 Å². The van der Waals surface area contributed by atoms with Gasteiger partial charge < -0.3 is 5.73 Å². The van der Waals surface area contributed by atoms with Crippen molar-refractivity contribution in [2.24, 2.45) is 0 Å². The largest absolute Gasteiger partial charge is 0.398 e. The van der Waals surface area contributed by atoms with Gasteiger partial charge in [0, 0.05) is 17.2 Å². The molecule has 0 heterocycles. The molecular formula is C20H19N. The average Bonchev–Trinajstić information content (AvgIpc) is 2.71. The number of hydrogen-bond acceptors (Lipinski definition) is 1. The number of benzene rings is 2. The molecule has 3 rings (SSSR count). The monoisotopic (exact) mass is 273 g/mol. The van der Waals surface area contributed by atoms with Crippen LogP contribution in [0.3, 0.4) is 0 Å². The Bertz CT molecular complexity index is 721. The number of anilines is 1. The molecule has 2 aromatic carbocycles. The van der Waals surface area contributed by atoms with Crippen LogP contribution in [0.5, 0.6) is 0 Å². The molecule has 0 spiro atoms. The molecule has 1 unspecified atom stereocenters. The molecule has 2 N–H and O–H groups in total. The van der Waals surface area contributed by atoms with Crippen LogP contribution in [0, 0.1) is 0 Å². The molecule has 2 aromatic rings. The minimum Gasteiger partial charge on any atom is -0.398 e. The fourth-order valence-electron chi connectivity index (χ4n) is 2.68. The molecule has 0 radical (unpaired) electrons. The van der Waals surface area contributed by atoms with Gasteiger partial charge in [-0.3, -0.25) is 0 Å². The van der Waals surface area contributed by atoms with Gasteiger partial charge in [-0.25, -0.2) is 0 Å². The first-order valence-electron chi connectivity index (χ1n) is 7.23. The van der Waals surface area contributed by atoms with E-state index in [1.54, 1.807) is 0 Å². The number of rotatable bonds is 2. The Hall–Kier alpha value is -2.54. The average molecular weight is 273 g/mol. The van der Waals surface area contributed by atoms with E-state index in [1.165, 1.54) is 16.7 Å². The van der Waals surface area contributed by atoms with Crippen molar-refractivity contribution >= 4 is 11.3 Å². The van der Waals surface area contributed by atoms with Crippen molar-refractivity contribution in [3.05, 3.63) is 95.6 Å². The fraction of sp³-hybridized carbons (Fsp3) is 0.100. The van der Waals surface area contributed by atoms with Crippen LogP contribution >= 0.6 is 0 Å². The highest BCUT2D eigenvalue weighted by molar-refractivity contribution is 5.84. The lowest BCUT2D eigenvalue weighted by molar-refractivity contribution is 1.08. The van der Waals surface area contributed by atoms with E-state index in [0.29, 0.717) is 5.92 Å². The molecule has 1 aliphatic carbocycles. The Morgan fingerprint density at radius 1 is 0.810 bits per heavy atom. The van der Waals surface area contributed by atoms with Gasteiger partial charge >= 0.3 is 0 Å². The van der Waals surface area contributed by atoms with Gasteiger partial charge in [0.25, 0.3) is 0 Å². The van der Waals surface area contributed by atoms with Gasteiger partial charge in [-0.15, -0.1) is 0 Å². The van der Waals surface area contributed by atoms with Crippen LogP contribution in [0.1, 0.15) is 24.0 Å². The van der Waals surface area contributed by atoms with Crippen LogP contribution in [0.4, 0.5) is 5.69 Å². The van der Waals surface area contributed by atoms with Crippen molar-refractivity contribution in [3.63, 3.8) is 0 Å². The van der Waals surface area contributed by atoms with Gasteiger partial charge in [-0.05, 0) is 29.7 Å². The lowest BCUT2D eigenvalue weighted by Gasteiger charge is -2.08. The van der Waals surface area contributed by atoms with E-state index in [4.69, 9.17) is 5.73 Å². The molecule has 21 heavy (non-hydrogen) atoms. The van der Waals surface area contributed by atoms with E-state index in [-0.39, 0.29) is 0 Å². The third-order valence-corrected chi connectivity index (χ3v) is 3.88. The van der Waals surface area contributed by atoms with Gasteiger partial charge in [-0.2, -0.15) is 0 Å². The summed E-state index contributed by atoms with van der Waals surface area (Å²) in [6, 6.07) is 18.6. The molecule has 0 saturated carbocycles. The molecule has 0 aromatic heterocycles. The number of hydrogen-bond donors (Lipinski definition) is 1. The van der Waals surface area contributed by atoms with Crippen molar-refractivity contribution in [3.8, 4) is 0 Å². The van der Waals surface area contributed by atoms with Crippen molar-refractivity contribution in [1.82, 2.24) is 0 Å². The summed E-state index contributed by atoms with van der Waals surface area (Å²) in [4.78, 5) is 0. The van der Waals surface area contributed by atoms with Crippen LogP contribution in [-0.2, 0) is 0 Å². The normalized spacial score (nSPS) is 17.9. The summed E-state index contributed by atoms with van der Waals surface area (Å²) in [6.07, 6.45) is 8.87. The summed E-state index contributed by atoms with van der Waals surface area (Å²) in [5.74, 6) is 0.309. The minimum absolute atomic E-state index is 0.309. The zero-order chi connectivity index (χ0) is 14.7. The third kappa shape index (κ3) is 2.82. The van der Waals surface area contributed by atoms with Crippen molar-refractivity contribution < 1.29 is 0 Å². The van der Waals surface area contributed by atoms with Crippen molar-refractivity contribution in [1.29, 1.82) is 0 Å². The summed E-state index contributed by atoms with van der Waals surface area (Å²) in [7, 11) is 0. The second-order valence-corrected chi connectivity index (χ2v) is 5.34. The quantitative estimate of drug-likeness (QED) is 0.770. The lowest BCUT2D eigenvalue weighted by Crippen LogP contribution is -1.93. The van der Waals surface area contributed by atoms with E-state index >= 15 is 0 Å². The Morgan fingerprint density at radius 2 is 1.48 bits per heavy atom. The van der Waals surface area contributed by atoms with Gasteiger partial charge in [0.15, 0.2) is 0 Å². The summed E-state index contributed by atoms with van der Waals surface area (Å²) in [5, 5.41) is 0. The number of para-hydroxylation sites is 1. The predicted molar refractivity (Wildman–Crippen MR) is 90.9 cm³/mol. The molecule has 104 valence electrons. The number of nitrogens with two attached hydrogens (primary N) is 1. The second-order valence-electron chi connectivity index (χ2n) is 5.34. The smallest absolute Gasteiger partial charge is 0.0393 e. The molecule has 0 saturated heterocycles. The molecule has 0 bridgehead atoms.